The van der Waals surface area contributed by atoms with Crippen LogP contribution in [0.1, 0.15) is 11.1 Å². The number of benzene rings is 2. The maximum absolute atomic E-state index is 9.25. The van der Waals surface area contributed by atoms with Crippen molar-refractivity contribution < 1.29 is 9.84 Å². The lowest BCUT2D eigenvalue weighted by Gasteiger charge is -2.30. The molecule has 25 heavy (non-hydrogen) atoms. The maximum atomic E-state index is 9.25. The van der Waals surface area contributed by atoms with Crippen LogP contribution in [0.4, 0.5) is 17.1 Å². The number of nitrogens with one attached hydrogen (secondary N) is 1. The Bertz CT molecular complexity index is 675. The summed E-state index contributed by atoms with van der Waals surface area (Å²) in [6.45, 7) is 4.25. The number of aliphatic hydroxyl groups excluding tert-OH is 1. The van der Waals surface area contributed by atoms with Crippen molar-refractivity contribution in [3.8, 4) is 0 Å². The molecule has 1 fully saturated rings. The van der Waals surface area contributed by atoms with Gasteiger partial charge in [0.1, 0.15) is 0 Å². The molecular formula is C19H26ClN3O2. The summed E-state index contributed by atoms with van der Waals surface area (Å²) >= 11 is 0. The molecule has 4 N–H and O–H groups in total. The molecule has 0 spiro atoms. The molecule has 2 aromatic carbocycles. The van der Waals surface area contributed by atoms with Gasteiger partial charge in [0.05, 0.1) is 13.2 Å². The Hall–Kier alpha value is -1.95. The predicted octanol–water partition coefficient (Wildman–Crippen LogP) is 2.67. The zero-order chi connectivity index (χ0) is 16.8. The van der Waals surface area contributed by atoms with Crippen LogP contribution in [0.25, 0.3) is 0 Å². The molecule has 1 aliphatic heterocycles. The highest BCUT2D eigenvalue weighted by molar-refractivity contribution is 5.85. The minimum Gasteiger partial charge on any atom is -0.399 e. The number of anilines is 3. The Balaban J connectivity index is 0.00000225. The zero-order valence-corrected chi connectivity index (χ0v) is 15.1. The van der Waals surface area contributed by atoms with E-state index >= 15 is 0 Å². The van der Waals surface area contributed by atoms with Gasteiger partial charge in [-0.2, -0.15) is 0 Å². The quantitative estimate of drug-likeness (QED) is 0.688. The number of rotatable bonds is 6. The fraction of sp³-hybridized carbons (Fsp3) is 0.368. The first-order valence-electron chi connectivity index (χ1n) is 8.41. The Morgan fingerprint density at radius 1 is 1.08 bits per heavy atom. The second-order valence-corrected chi connectivity index (χ2v) is 5.97. The minimum atomic E-state index is 0. The van der Waals surface area contributed by atoms with Crippen LogP contribution >= 0.6 is 12.4 Å². The van der Waals surface area contributed by atoms with E-state index in [4.69, 9.17) is 10.5 Å². The number of aliphatic hydroxyl groups is 1. The van der Waals surface area contributed by atoms with E-state index < -0.39 is 0 Å². The summed E-state index contributed by atoms with van der Waals surface area (Å²) in [5, 5.41) is 12.7. The predicted molar refractivity (Wildman–Crippen MR) is 106 cm³/mol. The van der Waals surface area contributed by atoms with E-state index in [9.17, 15) is 5.11 Å². The first-order valence-corrected chi connectivity index (χ1v) is 8.41. The number of halogens is 1. The van der Waals surface area contributed by atoms with E-state index in [1.54, 1.807) is 0 Å². The van der Waals surface area contributed by atoms with Crippen molar-refractivity contribution >= 4 is 29.5 Å². The van der Waals surface area contributed by atoms with Gasteiger partial charge in [-0.1, -0.05) is 18.2 Å². The molecule has 0 radical (unpaired) electrons. The molecule has 3 rings (SSSR count). The van der Waals surface area contributed by atoms with E-state index in [2.05, 4.69) is 34.5 Å². The minimum absolute atomic E-state index is 0. The van der Waals surface area contributed by atoms with Crippen LogP contribution in [-0.2, 0) is 17.7 Å². The summed E-state index contributed by atoms with van der Waals surface area (Å²) in [5.41, 5.74) is 11.2. The van der Waals surface area contributed by atoms with Gasteiger partial charge in [-0.05, 0) is 41.8 Å². The lowest BCUT2D eigenvalue weighted by Crippen LogP contribution is -2.36. The van der Waals surface area contributed by atoms with Crippen LogP contribution < -0.4 is 16.0 Å². The van der Waals surface area contributed by atoms with Gasteiger partial charge in [-0.15, -0.1) is 12.4 Å². The smallest absolute Gasteiger partial charge is 0.0642 e. The molecular weight excluding hydrogens is 338 g/mol. The van der Waals surface area contributed by atoms with Crippen molar-refractivity contribution in [1.29, 1.82) is 0 Å². The summed E-state index contributed by atoms with van der Waals surface area (Å²) in [4.78, 5) is 2.37. The van der Waals surface area contributed by atoms with Crippen LogP contribution in [0.3, 0.4) is 0 Å². The summed E-state index contributed by atoms with van der Waals surface area (Å²) in [6.07, 6.45) is 0.596. The summed E-state index contributed by atoms with van der Waals surface area (Å²) in [6, 6.07) is 14.3. The molecule has 6 heteroatoms. The molecule has 0 aromatic heterocycles. The van der Waals surface area contributed by atoms with Crippen molar-refractivity contribution in [2.75, 3.05) is 48.9 Å². The van der Waals surface area contributed by atoms with E-state index in [0.717, 1.165) is 49.8 Å². The fourth-order valence-electron chi connectivity index (χ4n) is 3.08. The highest BCUT2D eigenvalue weighted by atomic mass is 35.5. The third kappa shape index (κ3) is 5.01. The largest absolute Gasteiger partial charge is 0.399 e. The van der Waals surface area contributed by atoms with Crippen molar-refractivity contribution in [3.63, 3.8) is 0 Å². The average Bonchev–Trinajstić information content (AvgIpc) is 2.62. The molecule has 0 bridgehead atoms. The molecule has 0 atom stereocenters. The summed E-state index contributed by atoms with van der Waals surface area (Å²) in [7, 11) is 0. The lowest BCUT2D eigenvalue weighted by molar-refractivity contribution is 0.122. The van der Waals surface area contributed by atoms with Gasteiger partial charge in [0.25, 0.3) is 0 Å². The second kappa shape index (κ2) is 9.51. The van der Waals surface area contributed by atoms with Crippen molar-refractivity contribution in [2.45, 2.75) is 13.0 Å². The first-order chi connectivity index (χ1) is 11.8. The van der Waals surface area contributed by atoms with Crippen LogP contribution in [0.15, 0.2) is 42.5 Å². The number of nitrogens with zero attached hydrogens (tertiary/aromatic N) is 1. The number of hydrogen-bond acceptors (Lipinski definition) is 5. The zero-order valence-electron chi connectivity index (χ0n) is 14.3. The van der Waals surface area contributed by atoms with Gasteiger partial charge < -0.3 is 25.8 Å². The molecule has 1 saturated heterocycles. The van der Waals surface area contributed by atoms with Gasteiger partial charge in [0.2, 0.25) is 0 Å². The topological polar surface area (TPSA) is 70.8 Å². The number of para-hydroxylation sites is 1. The maximum Gasteiger partial charge on any atom is 0.0642 e. The van der Waals surface area contributed by atoms with Crippen molar-refractivity contribution in [3.05, 3.63) is 53.6 Å². The number of hydrogen-bond donors (Lipinski definition) is 3. The van der Waals surface area contributed by atoms with E-state index in [1.165, 1.54) is 11.3 Å². The van der Waals surface area contributed by atoms with Gasteiger partial charge in [-0.25, -0.2) is 0 Å². The number of morpholine rings is 1. The van der Waals surface area contributed by atoms with Crippen molar-refractivity contribution in [1.82, 2.24) is 0 Å². The van der Waals surface area contributed by atoms with E-state index in [-0.39, 0.29) is 19.0 Å². The lowest BCUT2D eigenvalue weighted by atomic mass is 10.1. The normalized spacial score (nSPS) is 14.0. The first kappa shape index (κ1) is 19.4. The van der Waals surface area contributed by atoms with E-state index in [1.807, 2.05) is 18.2 Å². The molecule has 1 aliphatic rings. The Morgan fingerprint density at radius 2 is 1.84 bits per heavy atom. The Morgan fingerprint density at radius 3 is 2.60 bits per heavy atom. The van der Waals surface area contributed by atoms with E-state index in [0.29, 0.717) is 6.42 Å². The molecule has 136 valence electrons. The van der Waals surface area contributed by atoms with Crippen LogP contribution in [-0.4, -0.2) is 38.0 Å². The standard InChI is InChI=1S/C19H25N3O2.ClH/c20-17-5-6-18(15(13-17)7-10-23)21-14-16-3-1-2-4-19(16)22-8-11-24-12-9-22;/h1-6,13,21,23H,7-12,14,20H2;1H. The Labute approximate surface area is 155 Å². The molecule has 2 aromatic rings. The third-order valence-electron chi connectivity index (χ3n) is 4.32. The number of ether oxygens (including phenoxy) is 1. The monoisotopic (exact) mass is 363 g/mol. The van der Waals surface area contributed by atoms with Gasteiger partial charge in [0, 0.05) is 43.3 Å². The molecule has 0 aliphatic carbocycles. The average molecular weight is 364 g/mol. The highest BCUT2D eigenvalue weighted by Crippen LogP contribution is 2.24. The summed E-state index contributed by atoms with van der Waals surface area (Å²) in [5.74, 6) is 0. The highest BCUT2D eigenvalue weighted by Gasteiger charge is 2.14. The third-order valence-corrected chi connectivity index (χ3v) is 4.32. The molecule has 5 nitrogen and oxygen atoms in total. The number of nitrogen functional groups attached to an aromatic ring is 1. The molecule has 1 heterocycles. The van der Waals surface area contributed by atoms with Crippen LogP contribution in [0.2, 0.25) is 0 Å². The van der Waals surface area contributed by atoms with Crippen LogP contribution in [0.5, 0.6) is 0 Å². The molecule has 0 amide bonds. The number of nitrogens with two attached hydrogens (primary N) is 1. The van der Waals surface area contributed by atoms with Crippen molar-refractivity contribution in [2.24, 2.45) is 0 Å². The summed E-state index contributed by atoms with van der Waals surface area (Å²) < 4.78 is 5.45. The van der Waals surface area contributed by atoms with Gasteiger partial charge >= 0.3 is 0 Å². The Kier molecular flexibility index (Phi) is 7.37. The van der Waals surface area contributed by atoms with Gasteiger partial charge in [0.15, 0.2) is 0 Å². The molecule has 0 unspecified atom stereocenters. The second-order valence-electron chi connectivity index (χ2n) is 5.97. The van der Waals surface area contributed by atoms with Crippen LogP contribution in [0, 0.1) is 0 Å². The molecule has 0 saturated carbocycles. The fourth-order valence-corrected chi connectivity index (χ4v) is 3.08. The van der Waals surface area contributed by atoms with Gasteiger partial charge in [-0.3, -0.25) is 0 Å². The SMILES string of the molecule is Cl.Nc1ccc(NCc2ccccc2N2CCOCC2)c(CCO)c1.